The van der Waals surface area contributed by atoms with Gasteiger partial charge in [-0.25, -0.2) is 0 Å². The van der Waals surface area contributed by atoms with Gasteiger partial charge in [-0.15, -0.1) is 0 Å². The minimum Gasteiger partial charge on any atom is -0.507 e. The summed E-state index contributed by atoms with van der Waals surface area (Å²) in [6, 6.07) is 12.6. The predicted octanol–water partition coefficient (Wildman–Crippen LogP) is 3.58. The fraction of sp³-hybridized carbons (Fsp3) is 0.438. The number of hydrogen-bond acceptors (Lipinski definition) is 5. The second-order valence-electron chi connectivity index (χ2n) is 11.4. The highest BCUT2D eigenvalue weighted by Crippen LogP contribution is 2.40. The SMILES string of the molecule is C=CCOc1ccc(C(O)=C2C(=O)C(=O)N(CCC[NH+]3CCOCC3)[C@H]2c2ccc(C(C)(C)C)cc2)cc1C. The molecular weight excluding hydrogens is 492 g/mol. The number of Topliss-reactive ketones (excluding diaryl/α,β-unsaturated/α-hetero) is 1. The van der Waals surface area contributed by atoms with Gasteiger partial charge in [0.15, 0.2) is 0 Å². The molecule has 0 aromatic heterocycles. The number of quaternary nitrogens is 1. The molecule has 2 heterocycles. The van der Waals surface area contributed by atoms with Crippen LogP contribution in [0.2, 0.25) is 0 Å². The van der Waals surface area contributed by atoms with Crippen molar-refractivity contribution in [3.63, 3.8) is 0 Å². The molecule has 2 aliphatic heterocycles. The van der Waals surface area contributed by atoms with Gasteiger partial charge >= 0.3 is 0 Å². The molecule has 0 saturated carbocycles. The fourth-order valence-corrected chi connectivity index (χ4v) is 5.29. The van der Waals surface area contributed by atoms with Gasteiger partial charge in [0, 0.05) is 18.5 Å². The van der Waals surface area contributed by atoms with Crippen LogP contribution < -0.4 is 9.64 Å². The van der Waals surface area contributed by atoms with Gasteiger partial charge in [-0.05, 0) is 47.2 Å². The minimum absolute atomic E-state index is 0.0335. The van der Waals surface area contributed by atoms with Crippen molar-refractivity contribution in [2.45, 2.75) is 45.6 Å². The van der Waals surface area contributed by atoms with Crippen LogP contribution >= 0.6 is 0 Å². The largest absolute Gasteiger partial charge is 0.507 e. The average molecular weight is 534 g/mol. The van der Waals surface area contributed by atoms with Gasteiger partial charge < -0.3 is 24.4 Å². The van der Waals surface area contributed by atoms with Crippen LogP contribution in [-0.2, 0) is 19.7 Å². The van der Waals surface area contributed by atoms with Crippen LogP contribution in [0.25, 0.3) is 5.76 Å². The summed E-state index contributed by atoms with van der Waals surface area (Å²) >= 11 is 0. The van der Waals surface area contributed by atoms with Crippen LogP contribution in [-0.4, -0.2) is 67.7 Å². The summed E-state index contributed by atoms with van der Waals surface area (Å²) in [6.45, 7) is 17.1. The maximum Gasteiger partial charge on any atom is 0.295 e. The van der Waals surface area contributed by atoms with Crippen molar-refractivity contribution in [1.29, 1.82) is 0 Å². The van der Waals surface area contributed by atoms with Gasteiger partial charge in [-0.3, -0.25) is 9.59 Å². The van der Waals surface area contributed by atoms with E-state index in [0.717, 1.165) is 56.0 Å². The number of benzene rings is 2. The number of morpholine rings is 1. The molecule has 0 unspecified atom stereocenters. The van der Waals surface area contributed by atoms with Crippen LogP contribution in [0.4, 0.5) is 0 Å². The Morgan fingerprint density at radius 1 is 1.15 bits per heavy atom. The van der Waals surface area contributed by atoms with E-state index in [1.165, 1.54) is 4.90 Å². The van der Waals surface area contributed by atoms with Crippen LogP contribution in [0.15, 0.2) is 60.7 Å². The van der Waals surface area contributed by atoms with Crippen molar-refractivity contribution < 1.29 is 29.1 Å². The highest BCUT2D eigenvalue weighted by Gasteiger charge is 2.46. The lowest BCUT2D eigenvalue weighted by Gasteiger charge is -2.28. The highest BCUT2D eigenvalue weighted by molar-refractivity contribution is 6.46. The topological polar surface area (TPSA) is 80.5 Å². The molecule has 1 amide bonds. The van der Waals surface area contributed by atoms with Crippen LogP contribution in [0.1, 0.15) is 55.5 Å². The highest BCUT2D eigenvalue weighted by atomic mass is 16.5. The van der Waals surface area contributed by atoms with Gasteiger partial charge in [-0.2, -0.15) is 0 Å². The number of rotatable bonds is 9. The lowest BCUT2D eigenvalue weighted by Crippen LogP contribution is -3.14. The van der Waals surface area contributed by atoms with Crippen LogP contribution in [0, 0.1) is 6.92 Å². The number of nitrogens with one attached hydrogen (secondary N) is 1. The molecular formula is C32H41N2O5+. The smallest absolute Gasteiger partial charge is 0.295 e. The number of aliphatic hydroxyl groups excluding tert-OH is 1. The molecule has 2 fully saturated rings. The molecule has 1 atom stereocenters. The lowest BCUT2D eigenvalue weighted by atomic mass is 9.85. The summed E-state index contributed by atoms with van der Waals surface area (Å²) in [5.41, 5.74) is 3.35. The van der Waals surface area contributed by atoms with E-state index in [2.05, 4.69) is 27.4 Å². The quantitative estimate of drug-likeness (QED) is 0.223. The second-order valence-corrected chi connectivity index (χ2v) is 11.4. The number of hydrogen-bond donors (Lipinski definition) is 2. The van der Waals surface area contributed by atoms with E-state index in [4.69, 9.17) is 9.47 Å². The van der Waals surface area contributed by atoms with Gasteiger partial charge in [0.2, 0.25) is 0 Å². The molecule has 2 N–H and O–H groups in total. The van der Waals surface area contributed by atoms with E-state index < -0.39 is 17.7 Å². The first-order chi connectivity index (χ1) is 18.6. The number of ketones is 1. The van der Waals surface area contributed by atoms with Gasteiger partial charge in [0.25, 0.3) is 11.7 Å². The summed E-state index contributed by atoms with van der Waals surface area (Å²) in [6.07, 6.45) is 2.42. The lowest BCUT2D eigenvalue weighted by molar-refractivity contribution is -0.908. The first-order valence-electron chi connectivity index (χ1n) is 13.8. The fourth-order valence-electron chi connectivity index (χ4n) is 5.29. The van der Waals surface area contributed by atoms with E-state index in [1.807, 2.05) is 31.2 Å². The Kier molecular flexibility index (Phi) is 8.93. The summed E-state index contributed by atoms with van der Waals surface area (Å²) in [4.78, 5) is 29.9. The van der Waals surface area contributed by atoms with Crippen molar-refractivity contribution in [3.05, 3.63) is 82.9 Å². The minimum atomic E-state index is -0.657. The number of ether oxygens (including phenoxy) is 2. The molecule has 7 nitrogen and oxygen atoms in total. The molecule has 7 heteroatoms. The molecule has 2 aliphatic rings. The molecule has 4 rings (SSSR count). The predicted molar refractivity (Wildman–Crippen MR) is 152 cm³/mol. The zero-order chi connectivity index (χ0) is 28.2. The zero-order valence-corrected chi connectivity index (χ0v) is 23.6. The monoisotopic (exact) mass is 533 g/mol. The number of nitrogens with zero attached hydrogens (tertiary/aromatic N) is 1. The van der Waals surface area contributed by atoms with Crippen molar-refractivity contribution in [2.75, 3.05) is 46.0 Å². The molecule has 208 valence electrons. The van der Waals surface area contributed by atoms with E-state index in [0.29, 0.717) is 24.5 Å². The van der Waals surface area contributed by atoms with Gasteiger partial charge in [0.1, 0.15) is 31.2 Å². The van der Waals surface area contributed by atoms with Crippen LogP contribution in [0.5, 0.6) is 5.75 Å². The Bertz CT molecular complexity index is 1240. The molecule has 2 aromatic rings. The summed E-state index contributed by atoms with van der Waals surface area (Å²) in [5, 5.41) is 11.5. The zero-order valence-electron chi connectivity index (χ0n) is 23.6. The summed E-state index contributed by atoms with van der Waals surface area (Å²) < 4.78 is 11.1. The molecule has 39 heavy (non-hydrogen) atoms. The number of likely N-dealkylation sites (tertiary alicyclic amines) is 1. The second kappa shape index (κ2) is 12.2. The Hall–Kier alpha value is -3.42. The third-order valence-corrected chi connectivity index (χ3v) is 7.57. The van der Waals surface area contributed by atoms with Crippen LogP contribution in [0.3, 0.4) is 0 Å². The average Bonchev–Trinajstić information content (AvgIpc) is 3.17. The van der Waals surface area contributed by atoms with Crippen molar-refractivity contribution >= 4 is 17.4 Å². The van der Waals surface area contributed by atoms with Crippen molar-refractivity contribution in [3.8, 4) is 5.75 Å². The number of aliphatic hydroxyl groups is 1. The van der Waals surface area contributed by atoms with Crippen molar-refractivity contribution in [2.24, 2.45) is 0 Å². The maximum atomic E-state index is 13.4. The van der Waals surface area contributed by atoms with E-state index in [-0.39, 0.29) is 16.7 Å². The van der Waals surface area contributed by atoms with E-state index >= 15 is 0 Å². The Labute approximate surface area is 231 Å². The third-order valence-electron chi connectivity index (χ3n) is 7.57. The Balaban J connectivity index is 1.70. The number of carbonyl (C=O) groups is 2. The first kappa shape index (κ1) is 28.6. The first-order valence-corrected chi connectivity index (χ1v) is 13.8. The Morgan fingerprint density at radius 2 is 1.85 bits per heavy atom. The molecule has 0 bridgehead atoms. The normalized spacial score (nSPS) is 19.9. The molecule has 0 radical (unpaired) electrons. The number of carbonyl (C=O) groups excluding carboxylic acids is 2. The molecule has 0 spiro atoms. The number of aryl methyl sites for hydroxylation is 1. The third kappa shape index (κ3) is 6.43. The Morgan fingerprint density at radius 3 is 2.46 bits per heavy atom. The number of amides is 1. The van der Waals surface area contributed by atoms with Crippen molar-refractivity contribution in [1.82, 2.24) is 4.90 Å². The molecule has 2 saturated heterocycles. The van der Waals surface area contributed by atoms with Gasteiger partial charge in [0.05, 0.1) is 31.4 Å². The van der Waals surface area contributed by atoms with E-state index in [9.17, 15) is 14.7 Å². The summed E-state index contributed by atoms with van der Waals surface area (Å²) in [5.74, 6) is -0.716. The van der Waals surface area contributed by atoms with E-state index in [1.54, 1.807) is 29.2 Å². The molecule has 2 aromatic carbocycles. The standard InChI is InChI=1S/C32H40N2O5/c1-6-18-39-26-13-10-24(21-22(26)2)29(35)27-28(23-8-11-25(12-9-23)32(3,4)5)34(31(37)30(27)36)15-7-14-33-16-19-38-20-17-33/h6,8-13,21,28,35H,1,7,14-20H2,2-5H3/p+1/t28-/m0/s1. The summed E-state index contributed by atoms with van der Waals surface area (Å²) in [7, 11) is 0. The van der Waals surface area contributed by atoms with Gasteiger partial charge in [-0.1, -0.05) is 57.7 Å². The maximum absolute atomic E-state index is 13.4. The molecule has 0 aliphatic carbocycles.